The van der Waals surface area contributed by atoms with Crippen molar-refractivity contribution in [1.29, 1.82) is 5.26 Å². The molecule has 0 spiro atoms. The van der Waals surface area contributed by atoms with E-state index in [0.717, 1.165) is 30.0 Å². The van der Waals surface area contributed by atoms with Gasteiger partial charge in [0.15, 0.2) is 5.60 Å². The fourth-order valence-electron chi connectivity index (χ4n) is 4.44. The van der Waals surface area contributed by atoms with Crippen LogP contribution < -0.4 is 0 Å². The first-order valence-corrected chi connectivity index (χ1v) is 11.5. The number of alkyl halides is 3. The maximum absolute atomic E-state index is 13.3. The fourth-order valence-corrected chi connectivity index (χ4v) is 5.29. The monoisotopic (exact) mass is 463 g/mol. The number of carbonyl (C=O) groups excluding carboxylic acids is 1. The van der Waals surface area contributed by atoms with Gasteiger partial charge in [0.2, 0.25) is 0 Å². The van der Waals surface area contributed by atoms with Crippen molar-refractivity contribution in [2.45, 2.75) is 74.7 Å². The summed E-state index contributed by atoms with van der Waals surface area (Å²) in [7, 11) is 0. The highest BCUT2D eigenvalue weighted by molar-refractivity contribution is 7.09. The van der Waals surface area contributed by atoms with Crippen LogP contribution in [0.2, 0.25) is 0 Å². The van der Waals surface area contributed by atoms with Crippen LogP contribution in [0.1, 0.15) is 66.4 Å². The van der Waals surface area contributed by atoms with Gasteiger partial charge in [0.05, 0.1) is 6.07 Å². The molecule has 170 valence electrons. The summed E-state index contributed by atoms with van der Waals surface area (Å²) in [5.74, 6) is -0.214. The van der Waals surface area contributed by atoms with E-state index in [4.69, 9.17) is 0 Å². The van der Waals surface area contributed by atoms with Crippen LogP contribution in [-0.2, 0) is 11.0 Å². The van der Waals surface area contributed by atoms with Crippen LogP contribution in [0.5, 0.6) is 0 Å². The summed E-state index contributed by atoms with van der Waals surface area (Å²) in [5.41, 5.74) is -3.60. The Morgan fingerprint density at radius 1 is 1.19 bits per heavy atom. The van der Waals surface area contributed by atoms with E-state index >= 15 is 0 Å². The third-order valence-electron chi connectivity index (χ3n) is 6.68. The van der Waals surface area contributed by atoms with Crippen LogP contribution in [0.25, 0.3) is 0 Å². The molecule has 2 aromatic rings. The second kappa shape index (κ2) is 8.16. The molecule has 0 unspecified atom stereocenters. The van der Waals surface area contributed by atoms with E-state index < -0.39 is 17.2 Å². The Labute approximate surface area is 188 Å². The molecule has 9 heteroatoms. The minimum absolute atomic E-state index is 0.0191. The number of benzene rings is 1. The smallest absolute Gasteiger partial charge is 0.376 e. The lowest BCUT2D eigenvalue weighted by Crippen LogP contribution is -2.46. The number of aliphatic hydroxyl groups is 1. The van der Waals surface area contributed by atoms with Crippen molar-refractivity contribution in [3.63, 3.8) is 0 Å². The minimum atomic E-state index is -4.81. The van der Waals surface area contributed by atoms with Crippen molar-refractivity contribution in [1.82, 2.24) is 9.88 Å². The number of aromatic nitrogens is 1. The SMILES string of the molecule is C[C@](O)(c1ccc(C(=O)N(C2CC2)C2CCC(C#N)(c3nccs3)CC2)cc1)C(F)(F)F. The number of amides is 1. The normalized spacial score (nSPS) is 25.6. The van der Waals surface area contributed by atoms with Gasteiger partial charge in [-0.3, -0.25) is 4.79 Å². The number of hydrogen-bond donors (Lipinski definition) is 1. The predicted octanol–water partition coefficient (Wildman–Crippen LogP) is 4.92. The van der Waals surface area contributed by atoms with Crippen LogP contribution >= 0.6 is 11.3 Å². The van der Waals surface area contributed by atoms with Crippen molar-refractivity contribution in [2.75, 3.05) is 0 Å². The average Bonchev–Trinajstić information content (AvgIpc) is 3.44. The third-order valence-corrected chi connectivity index (χ3v) is 7.66. The molecule has 5 nitrogen and oxygen atoms in total. The van der Waals surface area contributed by atoms with E-state index in [-0.39, 0.29) is 23.6 Å². The van der Waals surface area contributed by atoms with Gasteiger partial charge in [-0.1, -0.05) is 12.1 Å². The quantitative estimate of drug-likeness (QED) is 0.683. The number of hydrogen-bond acceptors (Lipinski definition) is 5. The summed E-state index contributed by atoms with van der Waals surface area (Å²) >= 11 is 1.47. The van der Waals surface area contributed by atoms with E-state index in [9.17, 15) is 28.3 Å². The zero-order valence-electron chi connectivity index (χ0n) is 17.6. The first-order chi connectivity index (χ1) is 15.1. The van der Waals surface area contributed by atoms with E-state index in [2.05, 4.69) is 11.1 Å². The first kappa shape index (κ1) is 22.7. The molecule has 1 amide bonds. The highest BCUT2D eigenvalue weighted by Gasteiger charge is 2.51. The van der Waals surface area contributed by atoms with Gasteiger partial charge in [0.25, 0.3) is 5.91 Å². The number of carbonyl (C=O) groups is 1. The summed E-state index contributed by atoms with van der Waals surface area (Å²) < 4.78 is 39.3. The topological polar surface area (TPSA) is 77.2 Å². The Morgan fingerprint density at radius 3 is 2.25 bits per heavy atom. The zero-order chi connectivity index (χ0) is 23.1. The molecule has 32 heavy (non-hydrogen) atoms. The molecule has 1 N–H and O–H groups in total. The Morgan fingerprint density at radius 2 is 1.78 bits per heavy atom. The summed E-state index contributed by atoms with van der Waals surface area (Å²) in [6.45, 7) is 0.701. The molecule has 0 radical (unpaired) electrons. The molecule has 0 saturated heterocycles. The lowest BCUT2D eigenvalue weighted by molar-refractivity contribution is -0.258. The molecule has 2 aliphatic rings. The number of thiazole rings is 1. The van der Waals surface area contributed by atoms with Crippen LogP contribution in [0.3, 0.4) is 0 Å². The fraction of sp³-hybridized carbons (Fsp3) is 0.522. The van der Waals surface area contributed by atoms with Gasteiger partial charge in [-0.05, 0) is 63.1 Å². The van der Waals surface area contributed by atoms with Gasteiger partial charge in [0.1, 0.15) is 10.4 Å². The highest BCUT2D eigenvalue weighted by Crippen LogP contribution is 2.44. The van der Waals surface area contributed by atoms with E-state index in [1.54, 1.807) is 6.20 Å². The molecule has 1 heterocycles. The van der Waals surface area contributed by atoms with Crippen molar-refractivity contribution < 1.29 is 23.1 Å². The molecule has 2 aliphatic carbocycles. The summed E-state index contributed by atoms with van der Waals surface area (Å²) in [4.78, 5) is 19.5. The largest absolute Gasteiger partial charge is 0.421 e. The number of nitrogens with zero attached hydrogens (tertiary/aromatic N) is 3. The standard InChI is InChI=1S/C23H24F3N3O2S/c1-21(31,23(24,25)26)16-4-2-15(3-5-16)19(30)29(17-6-7-17)18-8-10-22(14-27,11-9-18)20-28-12-13-32-20/h2-5,12-13,17-18,31H,6-11H2,1H3/t18?,21-,22?/m0/s1. The van der Waals surface area contributed by atoms with Crippen molar-refractivity contribution in [3.05, 3.63) is 52.0 Å². The van der Waals surface area contributed by atoms with Crippen LogP contribution in [0, 0.1) is 11.3 Å². The molecule has 4 rings (SSSR count). The summed E-state index contributed by atoms with van der Waals surface area (Å²) in [6.07, 6.45) is 1.28. The Hall–Kier alpha value is -2.44. The van der Waals surface area contributed by atoms with Gasteiger partial charge in [0, 0.05) is 29.2 Å². The van der Waals surface area contributed by atoms with Gasteiger partial charge in [-0.25, -0.2) is 4.98 Å². The van der Waals surface area contributed by atoms with Gasteiger partial charge < -0.3 is 10.0 Å². The van der Waals surface area contributed by atoms with E-state index in [0.29, 0.717) is 38.2 Å². The molecule has 2 saturated carbocycles. The lowest BCUT2D eigenvalue weighted by Gasteiger charge is -2.40. The Kier molecular flexibility index (Phi) is 5.80. The van der Waals surface area contributed by atoms with Gasteiger partial charge >= 0.3 is 6.18 Å². The minimum Gasteiger partial charge on any atom is -0.376 e. The van der Waals surface area contributed by atoms with Crippen molar-refractivity contribution in [2.24, 2.45) is 0 Å². The van der Waals surface area contributed by atoms with Crippen LogP contribution in [-0.4, -0.2) is 39.2 Å². The summed E-state index contributed by atoms with van der Waals surface area (Å²) in [6, 6.07) is 7.58. The Balaban J connectivity index is 1.51. The Bertz CT molecular complexity index is 1000. The maximum atomic E-state index is 13.3. The van der Waals surface area contributed by atoms with Crippen LogP contribution in [0.15, 0.2) is 35.8 Å². The number of halogens is 3. The highest BCUT2D eigenvalue weighted by atomic mass is 32.1. The molecule has 1 atom stereocenters. The lowest BCUT2D eigenvalue weighted by atomic mass is 9.73. The molecule has 1 aromatic carbocycles. The zero-order valence-corrected chi connectivity index (χ0v) is 18.4. The van der Waals surface area contributed by atoms with E-state index in [1.807, 2.05) is 10.3 Å². The van der Waals surface area contributed by atoms with Gasteiger partial charge in [-0.2, -0.15) is 18.4 Å². The molecular weight excluding hydrogens is 439 g/mol. The maximum Gasteiger partial charge on any atom is 0.421 e. The average molecular weight is 464 g/mol. The third kappa shape index (κ3) is 4.02. The van der Waals surface area contributed by atoms with Crippen LogP contribution in [0.4, 0.5) is 13.2 Å². The van der Waals surface area contributed by atoms with Crippen molar-refractivity contribution in [3.8, 4) is 6.07 Å². The predicted molar refractivity (Wildman–Crippen MR) is 113 cm³/mol. The van der Waals surface area contributed by atoms with E-state index in [1.165, 1.54) is 23.5 Å². The van der Waals surface area contributed by atoms with Crippen molar-refractivity contribution >= 4 is 17.2 Å². The molecule has 2 fully saturated rings. The summed E-state index contributed by atoms with van der Waals surface area (Å²) in [5, 5.41) is 22.4. The van der Waals surface area contributed by atoms with Gasteiger partial charge in [-0.15, -0.1) is 11.3 Å². The second-order valence-electron chi connectivity index (χ2n) is 8.85. The second-order valence-corrected chi connectivity index (χ2v) is 9.75. The molecule has 0 bridgehead atoms. The molecule has 0 aliphatic heterocycles. The number of nitriles is 1. The first-order valence-electron chi connectivity index (χ1n) is 10.6. The number of rotatable bonds is 5. The molecular formula is C23H24F3N3O2S. The molecule has 1 aromatic heterocycles.